The monoisotopic (exact) mass is 315 g/mol. The number of hydrogen-bond acceptors (Lipinski definition) is 6. The average molecular weight is 315 g/mol. The molecule has 0 saturated heterocycles. The third-order valence-electron chi connectivity index (χ3n) is 2.94. The molecule has 0 aliphatic heterocycles. The maximum atomic E-state index is 12.3. The van der Waals surface area contributed by atoms with Gasteiger partial charge >= 0.3 is 0 Å². The second kappa shape index (κ2) is 6.11. The van der Waals surface area contributed by atoms with Gasteiger partial charge in [0.25, 0.3) is 5.91 Å². The summed E-state index contributed by atoms with van der Waals surface area (Å²) in [7, 11) is 1.61. The quantitative estimate of drug-likeness (QED) is 0.782. The topological polar surface area (TPSA) is 80.3 Å². The molecule has 0 unspecified atom stereocenters. The van der Waals surface area contributed by atoms with Crippen LogP contribution in [0, 0.1) is 0 Å². The van der Waals surface area contributed by atoms with Crippen LogP contribution in [0.5, 0.6) is 0 Å². The zero-order chi connectivity index (χ0) is 14.8. The molecule has 6 nitrogen and oxygen atoms in total. The van der Waals surface area contributed by atoms with E-state index in [9.17, 15) is 9.59 Å². The molecule has 1 aliphatic carbocycles. The molecular formula is C12H17N3O3S2. The Balaban J connectivity index is 2.16. The van der Waals surface area contributed by atoms with E-state index < -0.39 is 0 Å². The van der Waals surface area contributed by atoms with E-state index in [0.717, 1.165) is 17.2 Å². The molecule has 1 heterocycles. The normalized spacial score (nSPS) is 15.8. The van der Waals surface area contributed by atoms with Crippen LogP contribution in [0.15, 0.2) is 4.34 Å². The first-order valence-electron chi connectivity index (χ1n) is 6.13. The molecule has 110 valence electrons. The summed E-state index contributed by atoms with van der Waals surface area (Å²) >= 11 is 2.75. The fraction of sp³-hybridized carbons (Fsp3) is 0.583. The first-order chi connectivity index (χ1) is 9.49. The first kappa shape index (κ1) is 15.3. The van der Waals surface area contributed by atoms with Crippen molar-refractivity contribution in [1.82, 2.24) is 10.3 Å². The number of anilines is 1. The number of amides is 2. The summed E-state index contributed by atoms with van der Waals surface area (Å²) in [6, 6.07) is 0. The van der Waals surface area contributed by atoms with Crippen LogP contribution in [0.4, 0.5) is 5.00 Å². The minimum Gasteiger partial charge on any atom is -0.382 e. The minimum absolute atomic E-state index is 0.214. The summed E-state index contributed by atoms with van der Waals surface area (Å²) in [6.07, 6.45) is 3.69. The first-order valence-corrected chi connectivity index (χ1v) is 8.17. The number of thioether (sulfide) groups is 1. The Morgan fingerprint density at radius 1 is 1.50 bits per heavy atom. The van der Waals surface area contributed by atoms with Gasteiger partial charge in [0, 0.05) is 14.0 Å². The van der Waals surface area contributed by atoms with Crippen molar-refractivity contribution in [3.63, 3.8) is 0 Å². The van der Waals surface area contributed by atoms with Crippen LogP contribution in [0.3, 0.4) is 0 Å². The number of carbonyl (C=O) groups is 2. The summed E-state index contributed by atoms with van der Waals surface area (Å²) in [5.41, 5.74) is 0.0135. The zero-order valence-corrected chi connectivity index (χ0v) is 13.2. The molecule has 0 bridgehead atoms. The van der Waals surface area contributed by atoms with Crippen LogP contribution in [0.2, 0.25) is 0 Å². The molecule has 1 aliphatic rings. The highest BCUT2D eigenvalue weighted by molar-refractivity contribution is 8.00. The Bertz CT molecular complexity index is 526. The number of ether oxygens (including phenoxy) is 1. The predicted molar refractivity (Wildman–Crippen MR) is 79.5 cm³/mol. The molecule has 2 amide bonds. The van der Waals surface area contributed by atoms with Crippen molar-refractivity contribution in [2.45, 2.75) is 29.6 Å². The van der Waals surface area contributed by atoms with Gasteiger partial charge in [0.05, 0.1) is 12.1 Å². The molecule has 0 atom stereocenters. The smallest absolute Gasteiger partial charge is 0.273 e. The van der Waals surface area contributed by atoms with Crippen molar-refractivity contribution in [2.75, 3.05) is 25.3 Å². The van der Waals surface area contributed by atoms with E-state index in [2.05, 4.69) is 15.6 Å². The molecule has 1 saturated carbocycles. The van der Waals surface area contributed by atoms with E-state index in [1.807, 2.05) is 6.26 Å². The largest absolute Gasteiger partial charge is 0.382 e. The minimum atomic E-state index is -0.264. The van der Waals surface area contributed by atoms with Crippen molar-refractivity contribution in [2.24, 2.45) is 0 Å². The molecule has 1 fully saturated rings. The summed E-state index contributed by atoms with van der Waals surface area (Å²) in [5.74, 6) is -0.478. The number of rotatable bonds is 6. The number of nitrogens with one attached hydrogen (secondary N) is 2. The molecule has 2 N–H and O–H groups in total. The van der Waals surface area contributed by atoms with Gasteiger partial charge < -0.3 is 15.4 Å². The molecule has 1 aromatic heterocycles. The Kier molecular flexibility index (Phi) is 4.66. The molecule has 20 heavy (non-hydrogen) atoms. The summed E-state index contributed by atoms with van der Waals surface area (Å²) in [4.78, 5) is 27.8. The molecule has 0 radical (unpaired) electrons. The van der Waals surface area contributed by atoms with E-state index in [0.29, 0.717) is 11.6 Å². The number of aromatic nitrogens is 1. The lowest BCUT2D eigenvalue weighted by atomic mass is 10.2. The highest BCUT2D eigenvalue weighted by Gasteiger charge is 2.44. The van der Waals surface area contributed by atoms with E-state index in [4.69, 9.17) is 4.74 Å². The van der Waals surface area contributed by atoms with Gasteiger partial charge in [-0.1, -0.05) is 23.1 Å². The average Bonchev–Trinajstić information content (AvgIpc) is 3.00. The van der Waals surface area contributed by atoms with Crippen LogP contribution in [0.25, 0.3) is 0 Å². The maximum Gasteiger partial charge on any atom is 0.273 e. The molecular weight excluding hydrogens is 298 g/mol. The van der Waals surface area contributed by atoms with Crippen LogP contribution in [0.1, 0.15) is 30.3 Å². The van der Waals surface area contributed by atoms with Crippen molar-refractivity contribution in [3.8, 4) is 0 Å². The van der Waals surface area contributed by atoms with Crippen LogP contribution in [-0.4, -0.2) is 42.3 Å². The van der Waals surface area contributed by atoms with Crippen LogP contribution in [-0.2, 0) is 9.53 Å². The number of thiazole rings is 1. The lowest BCUT2D eigenvalue weighted by Gasteiger charge is -2.15. The van der Waals surface area contributed by atoms with E-state index in [1.54, 1.807) is 7.11 Å². The fourth-order valence-corrected chi connectivity index (χ4v) is 3.33. The van der Waals surface area contributed by atoms with Gasteiger partial charge in [0.1, 0.15) is 5.00 Å². The molecule has 0 aromatic carbocycles. The van der Waals surface area contributed by atoms with Crippen LogP contribution < -0.4 is 10.6 Å². The summed E-state index contributed by atoms with van der Waals surface area (Å²) in [6.45, 7) is 1.90. The second-order valence-corrected chi connectivity index (χ2v) is 6.76. The Hall–Kier alpha value is -1.12. The van der Waals surface area contributed by atoms with E-state index >= 15 is 0 Å². The number of nitrogens with zero attached hydrogens (tertiary/aromatic N) is 1. The van der Waals surface area contributed by atoms with Gasteiger partial charge in [-0.2, -0.15) is 0 Å². The molecule has 1 aromatic rings. The zero-order valence-electron chi connectivity index (χ0n) is 11.6. The predicted octanol–water partition coefficient (Wildman–Crippen LogP) is 1.73. The third-order valence-corrected chi connectivity index (χ3v) is 4.90. The second-order valence-electron chi connectivity index (χ2n) is 4.71. The summed E-state index contributed by atoms with van der Waals surface area (Å²) in [5, 5.41) is 6.11. The van der Waals surface area contributed by atoms with Gasteiger partial charge in [0.15, 0.2) is 10.0 Å². The van der Waals surface area contributed by atoms with Crippen LogP contribution >= 0.6 is 23.1 Å². The third kappa shape index (κ3) is 3.50. The number of methoxy groups -OCH3 is 1. The van der Waals surface area contributed by atoms with Crippen molar-refractivity contribution in [3.05, 3.63) is 5.69 Å². The van der Waals surface area contributed by atoms with Crippen molar-refractivity contribution < 1.29 is 14.3 Å². The lowest BCUT2D eigenvalue weighted by molar-refractivity contribution is -0.114. The van der Waals surface area contributed by atoms with E-state index in [1.165, 1.54) is 30.0 Å². The Morgan fingerprint density at radius 2 is 2.20 bits per heavy atom. The van der Waals surface area contributed by atoms with Crippen molar-refractivity contribution in [1.29, 1.82) is 0 Å². The fourth-order valence-electron chi connectivity index (χ4n) is 1.82. The Labute approximate surface area is 125 Å². The summed E-state index contributed by atoms with van der Waals surface area (Å²) < 4.78 is 5.87. The number of carbonyl (C=O) groups excluding carboxylic acids is 2. The van der Waals surface area contributed by atoms with Gasteiger partial charge in [-0.25, -0.2) is 4.98 Å². The highest BCUT2D eigenvalue weighted by atomic mass is 32.2. The molecule has 0 spiro atoms. The maximum absolute atomic E-state index is 12.3. The van der Waals surface area contributed by atoms with Gasteiger partial charge in [-0.05, 0) is 19.1 Å². The van der Waals surface area contributed by atoms with Gasteiger partial charge in [-0.15, -0.1) is 0 Å². The van der Waals surface area contributed by atoms with Gasteiger partial charge in [0.2, 0.25) is 5.91 Å². The van der Waals surface area contributed by atoms with E-state index in [-0.39, 0.29) is 23.0 Å². The lowest BCUT2D eigenvalue weighted by Crippen LogP contribution is -2.40. The van der Waals surface area contributed by atoms with Gasteiger partial charge in [-0.3, -0.25) is 9.59 Å². The standard InChI is InChI=1S/C12H17N3O3S2/c1-7(16)13-10-8(14-11(19-3)20-10)9(17)15-12(4-5-12)6-18-2/h4-6H2,1-3H3,(H,13,16)(H,15,17). The molecule has 2 rings (SSSR count). The number of hydrogen-bond donors (Lipinski definition) is 2. The SMILES string of the molecule is COCC1(NC(=O)c2nc(SC)sc2NC(C)=O)CC1. The van der Waals surface area contributed by atoms with Crippen molar-refractivity contribution >= 4 is 39.9 Å². The Morgan fingerprint density at radius 3 is 2.70 bits per heavy atom. The molecule has 8 heteroatoms. The highest BCUT2D eigenvalue weighted by Crippen LogP contribution is 2.37.